The first-order chi connectivity index (χ1) is 9.00. The number of rotatable bonds is 3. The second kappa shape index (κ2) is 5.40. The third-order valence-electron chi connectivity index (χ3n) is 3.32. The van der Waals surface area contributed by atoms with Crippen LogP contribution in [-0.4, -0.2) is 36.1 Å². The van der Waals surface area contributed by atoms with Gasteiger partial charge in [-0.05, 0) is 23.6 Å². The summed E-state index contributed by atoms with van der Waals surface area (Å²) in [5, 5.41) is 12.0. The molecule has 1 aliphatic heterocycles. The van der Waals surface area contributed by atoms with Gasteiger partial charge in [-0.1, -0.05) is 26.0 Å². The van der Waals surface area contributed by atoms with Crippen LogP contribution in [0.5, 0.6) is 0 Å². The zero-order valence-corrected chi connectivity index (χ0v) is 11.1. The minimum absolute atomic E-state index is 0.176. The third kappa shape index (κ3) is 2.76. The number of hydrogen-bond acceptors (Lipinski definition) is 3. The SMILES string of the molecule is CC(C)c1ccc(N2C(=O)CNCC2C(=O)O)cc1. The number of anilines is 1. The van der Waals surface area contributed by atoms with Gasteiger partial charge in [0, 0.05) is 12.2 Å². The lowest BCUT2D eigenvalue weighted by Crippen LogP contribution is -2.58. The van der Waals surface area contributed by atoms with Crippen molar-refractivity contribution in [1.82, 2.24) is 5.32 Å². The number of carbonyl (C=O) groups is 2. The van der Waals surface area contributed by atoms with Crippen molar-refractivity contribution in [3.8, 4) is 0 Å². The Morgan fingerprint density at radius 3 is 2.53 bits per heavy atom. The van der Waals surface area contributed by atoms with Gasteiger partial charge >= 0.3 is 5.97 Å². The summed E-state index contributed by atoms with van der Waals surface area (Å²) in [6.07, 6.45) is 0. The quantitative estimate of drug-likeness (QED) is 0.858. The number of nitrogens with one attached hydrogen (secondary N) is 1. The summed E-state index contributed by atoms with van der Waals surface area (Å²) in [6, 6.07) is 6.66. The van der Waals surface area contributed by atoms with Crippen LogP contribution >= 0.6 is 0 Å². The van der Waals surface area contributed by atoms with E-state index in [0.717, 1.165) is 0 Å². The maximum Gasteiger partial charge on any atom is 0.328 e. The number of carbonyl (C=O) groups excluding carboxylic acids is 1. The molecule has 19 heavy (non-hydrogen) atoms. The molecule has 1 heterocycles. The number of carboxylic acid groups (broad SMARTS) is 1. The second-order valence-corrected chi connectivity index (χ2v) is 4.99. The van der Waals surface area contributed by atoms with Crippen LogP contribution < -0.4 is 10.2 Å². The molecule has 1 aromatic rings. The molecule has 1 fully saturated rings. The van der Waals surface area contributed by atoms with E-state index in [4.69, 9.17) is 0 Å². The molecule has 5 nitrogen and oxygen atoms in total. The van der Waals surface area contributed by atoms with Crippen molar-refractivity contribution >= 4 is 17.6 Å². The summed E-state index contributed by atoms with van der Waals surface area (Å²) in [5.74, 6) is -0.799. The highest BCUT2D eigenvalue weighted by atomic mass is 16.4. The number of amides is 1. The van der Waals surface area contributed by atoms with Gasteiger partial charge in [0.15, 0.2) is 0 Å². The van der Waals surface area contributed by atoms with Gasteiger partial charge in [0.2, 0.25) is 5.91 Å². The molecule has 1 aliphatic rings. The predicted molar refractivity (Wildman–Crippen MR) is 72.3 cm³/mol. The van der Waals surface area contributed by atoms with Gasteiger partial charge in [-0.25, -0.2) is 4.79 Å². The predicted octanol–water partition coefficient (Wildman–Crippen LogP) is 1.20. The summed E-state index contributed by atoms with van der Waals surface area (Å²) in [6.45, 7) is 4.62. The number of nitrogens with zero attached hydrogens (tertiary/aromatic N) is 1. The fraction of sp³-hybridized carbons (Fsp3) is 0.429. The Morgan fingerprint density at radius 1 is 1.37 bits per heavy atom. The van der Waals surface area contributed by atoms with Crippen LogP contribution in [0.4, 0.5) is 5.69 Å². The van der Waals surface area contributed by atoms with E-state index in [1.54, 1.807) is 0 Å². The Bertz CT molecular complexity index is 482. The van der Waals surface area contributed by atoms with E-state index in [0.29, 0.717) is 11.6 Å². The molecular formula is C14H18N2O3. The molecule has 1 aromatic carbocycles. The summed E-state index contributed by atoms with van der Waals surface area (Å²) in [7, 11) is 0. The lowest BCUT2D eigenvalue weighted by Gasteiger charge is -2.33. The van der Waals surface area contributed by atoms with Gasteiger partial charge < -0.3 is 10.4 Å². The topological polar surface area (TPSA) is 69.6 Å². The molecule has 2 N–H and O–H groups in total. The molecule has 5 heteroatoms. The van der Waals surface area contributed by atoms with E-state index >= 15 is 0 Å². The van der Waals surface area contributed by atoms with Gasteiger partial charge in [0.05, 0.1) is 6.54 Å². The molecule has 0 aliphatic carbocycles. The molecule has 0 saturated carbocycles. The second-order valence-electron chi connectivity index (χ2n) is 4.99. The summed E-state index contributed by atoms with van der Waals surface area (Å²) in [4.78, 5) is 24.5. The minimum Gasteiger partial charge on any atom is -0.480 e. The van der Waals surface area contributed by atoms with Crippen LogP contribution in [0.15, 0.2) is 24.3 Å². The Hall–Kier alpha value is -1.88. The zero-order valence-electron chi connectivity index (χ0n) is 11.1. The molecule has 1 amide bonds. The van der Waals surface area contributed by atoms with E-state index in [1.807, 2.05) is 24.3 Å². The van der Waals surface area contributed by atoms with Crippen molar-refractivity contribution < 1.29 is 14.7 Å². The molecule has 1 atom stereocenters. The molecule has 0 radical (unpaired) electrons. The Labute approximate surface area is 112 Å². The summed E-state index contributed by atoms with van der Waals surface area (Å²) >= 11 is 0. The van der Waals surface area contributed by atoms with Crippen LogP contribution in [0.3, 0.4) is 0 Å². The van der Waals surface area contributed by atoms with Crippen molar-refractivity contribution in [3.63, 3.8) is 0 Å². The van der Waals surface area contributed by atoms with Gasteiger partial charge in [0.1, 0.15) is 6.04 Å². The largest absolute Gasteiger partial charge is 0.480 e. The van der Waals surface area contributed by atoms with E-state index in [-0.39, 0.29) is 19.0 Å². The van der Waals surface area contributed by atoms with E-state index < -0.39 is 12.0 Å². The average Bonchev–Trinajstić information content (AvgIpc) is 2.38. The van der Waals surface area contributed by atoms with E-state index in [1.165, 1.54) is 10.5 Å². The van der Waals surface area contributed by atoms with Crippen molar-refractivity contribution in [2.24, 2.45) is 0 Å². The van der Waals surface area contributed by atoms with Gasteiger partial charge in [-0.15, -0.1) is 0 Å². The smallest absolute Gasteiger partial charge is 0.328 e. The van der Waals surface area contributed by atoms with Crippen LogP contribution in [0, 0.1) is 0 Å². The first kappa shape index (κ1) is 13.5. The van der Waals surface area contributed by atoms with Crippen molar-refractivity contribution in [2.75, 3.05) is 18.0 Å². The Kier molecular flexibility index (Phi) is 3.85. The maximum atomic E-state index is 11.9. The highest BCUT2D eigenvalue weighted by molar-refractivity contribution is 6.01. The minimum atomic E-state index is -0.992. The molecule has 0 aromatic heterocycles. The number of carboxylic acids is 1. The summed E-state index contributed by atoms with van der Waals surface area (Å²) in [5.41, 5.74) is 1.81. The van der Waals surface area contributed by atoms with Gasteiger partial charge in [-0.2, -0.15) is 0 Å². The maximum absolute atomic E-state index is 11.9. The fourth-order valence-electron chi connectivity index (χ4n) is 2.21. The standard InChI is InChI=1S/C14H18N2O3/c1-9(2)10-3-5-11(6-4-10)16-12(14(18)19)7-15-8-13(16)17/h3-6,9,12,15H,7-8H2,1-2H3,(H,18,19). The Morgan fingerprint density at radius 2 is 2.00 bits per heavy atom. The molecule has 0 bridgehead atoms. The Balaban J connectivity index is 2.30. The summed E-state index contributed by atoms with van der Waals surface area (Å²) < 4.78 is 0. The molecule has 2 rings (SSSR count). The van der Waals surface area contributed by atoms with Gasteiger partial charge in [0.25, 0.3) is 0 Å². The first-order valence-corrected chi connectivity index (χ1v) is 6.36. The normalized spacial score (nSPS) is 19.8. The number of aliphatic carboxylic acids is 1. The molecular weight excluding hydrogens is 244 g/mol. The van der Waals surface area contributed by atoms with Crippen LogP contribution in [0.2, 0.25) is 0 Å². The van der Waals surface area contributed by atoms with Crippen molar-refractivity contribution in [3.05, 3.63) is 29.8 Å². The molecule has 1 unspecified atom stereocenters. The van der Waals surface area contributed by atoms with Crippen LogP contribution in [0.1, 0.15) is 25.3 Å². The first-order valence-electron chi connectivity index (χ1n) is 6.36. The van der Waals surface area contributed by atoms with E-state index in [2.05, 4.69) is 19.2 Å². The lowest BCUT2D eigenvalue weighted by atomic mass is 10.0. The van der Waals surface area contributed by atoms with Gasteiger partial charge in [-0.3, -0.25) is 9.69 Å². The highest BCUT2D eigenvalue weighted by Gasteiger charge is 2.34. The fourth-order valence-corrected chi connectivity index (χ4v) is 2.21. The monoisotopic (exact) mass is 262 g/mol. The van der Waals surface area contributed by atoms with Crippen molar-refractivity contribution in [2.45, 2.75) is 25.8 Å². The lowest BCUT2D eigenvalue weighted by molar-refractivity contribution is -0.140. The number of benzene rings is 1. The number of hydrogen-bond donors (Lipinski definition) is 2. The zero-order chi connectivity index (χ0) is 14.0. The molecule has 0 spiro atoms. The third-order valence-corrected chi connectivity index (χ3v) is 3.32. The van der Waals surface area contributed by atoms with E-state index in [9.17, 15) is 14.7 Å². The average molecular weight is 262 g/mol. The molecule has 102 valence electrons. The number of piperazine rings is 1. The van der Waals surface area contributed by atoms with Crippen LogP contribution in [0.25, 0.3) is 0 Å². The highest BCUT2D eigenvalue weighted by Crippen LogP contribution is 2.23. The molecule has 1 saturated heterocycles. The van der Waals surface area contributed by atoms with Crippen molar-refractivity contribution in [1.29, 1.82) is 0 Å². The van der Waals surface area contributed by atoms with Crippen LogP contribution in [-0.2, 0) is 9.59 Å².